The molecule has 1 amide bonds. The van der Waals surface area contributed by atoms with E-state index in [1.807, 2.05) is 30.3 Å². The van der Waals surface area contributed by atoms with E-state index in [9.17, 15) is 4.79 Å². The number of ether oxygens (including phenoxy) is 1. The lowest BCUT2D eigenvalue weighted by Crippen LogP contribution is -2.39. The average Bonchev–Trinajstić information content (AvgIpc) is 3.16. The molecule has 0 spiro atoms. The predicted octanol–water partition coefficient (Wildman–Crippen LogP) is 4.25. The number of carbonyl (C=O) groups is 1. The fourth-order valence-corrected chi connectivity index (χ4v) is 4.29. The summed E-state index contributed by atoms with van der Waals surface area (Å²) in [6.45, 7) is 2.04. The highest BCUT2D eigenvalue weighted by Gasteiger charge is 2.28. The number of hydrogen-bond acceptors (Lipinski definition) is 4. The summed E-state index contributed by atoms with van der Waals surface area (Å²) in [5.74, 6) is 0.959. The maximum atomic E-state index is 13.0. The van der Waals surface area contributed by atoms with Crippen LogP contribution in [0, 0.1) is 0 Å². The van der Waals surface area contributed by atoms with Crippen molar-refractivity contribution in [3.63, 3.8) is 0 Å². The highest BCUT2D eigenvalue weighted by atomic mass is 16.5. The summed E-state index contributed by atoms with van der Waals surface area (Å²) in [5, 5.41) is 6.29. The molecule has 0 bridgehead atoms. The molecule has 2 aliphatic heterocycles. The molecule has 2 aromatic carbocycles. The zero-order valence-electron chi connectivity index (χ0n) is 17.1. The molecule has 1 fully saturated rings. The van der Waals surface area contributed by atoms with Crippen LogP contribution >= 0.6 is 0 Å². The number of hydrazone groups is 1. The maximum Gasteiger partial charge on any atom is 0.256 e. The zero-order valence-corrected chi connectivity index (χ0v) is 17.1. The molecule has 2 aliphatic rings. The lowest BCUT2D eigenvalue weighted by atomic mass is 10.0. The Balaban J connectivity index is 1.47. The van der Waals surface area contributed by atoms with Crippen molar-refractivity contribution in [2.75, 3.05) is 26.7 Å². The molecule has 0 radical (unpaired) electrons. The predicted molar refractivity (Wildman–Crippen MR) is 115 cm³/mol. The van der Waals surface area contributed by atoms with E-state index in [1.165, 1.54) is 18.4 Å². The van der Waals surface area contributed by atoms with E-state index >= 15 is 0 Å². The minimum atomic E-state index is 0.0938. The third-order valence-corrected chi connectivity index (χ3v) is 5.90. The Bertz CT molecular complexity index is 848. The number of carbonyl (C=O) groups excluding carboxylic acids is 1. The van der Waals surface area contributed by atoms with E-state index in [0.29, 0.717) is 13.1 Å². The normalized spacial score (nSPS) is 20.2. The topological polar surface area (TPSA) is 45.1 Å². The van der Waals surface area contributed by atoms with Gasteiger partial charge in [-0.05, 0) is 42.6 Å². The van der Waals surface area contributed by atoms with Crippen LogP contribution in [0.3, 0.4) is 0 Å². The number of amides is 1. The minimum absolute atomic E-state index is 0.0938. The lowest BCUT2D eigenvalue weighted by Gasteiger charge is -2.30. The van der Waals surface area contributed by atoms with Gasteiger partial charge in [-0.1, -0.05) is 55.3 Å². The third-order valence-electron chi connectivity index (χ3n) is 5.90. The third kappa shape index (κ3) is 4.67. The first kappa shape index (κ1) is 19.6. The quantitative estimate of drug-likeness (QED) is 0.765. The van der Waals surface area contributed by atoms with Crippen LogP contribution in [-0.2, 0) is 4.79 Å². The Labute approximate surface area is 173 Å². The molecule has 29 heavy (non-hydrogen) atoms. The molecule has 152 valence electrons. The van der Waals surface area contributed by atoms with Crippen LogP contribution < -0.4 is 4.74 Å². The second-order valence-electron chi connectivity index (χ2n) is 7.79. The first-order valence-electron chi connectivity index (χ1n) is 10.6. The molecule has 1 atom stereocenters. The number of rotatable bonds is 5. The highest BCUT2D eigenvalue weighted by Crippen LogP contribution is 2.31. The van der Waals surface area contributed by atoms with Crippen molar-refractivity contribution >= 4 is 11.6 Å². The number of hydrogen-bond donors (Lipinski definition) is 0. The molecular formula is C24H29N3O2. The molecule has 5 heteroatoms. The van der Waals surface area contributed by atoms with Crippen LogP contribution in [0.1, 0.15) is 49.3 Å². The van der Waals surface area contributed by atoms with Gasteiger partial charge in [0.1, 0.15) is 5.75 Å². The van der Waals surface area contributed by atoms with Gasteiger partial charge in [-0.2, -0.15) is 5.10 Å². The van der Waals surface area contributed by atoms with Gasteiger partial charge >= 0.3 is 0 Å². The average molecular weight is 392 g/mol. The van der Waals surface area contributed by atoms with Crippen molar-refractivity contribution in [3.8, 4) is 5.75 Å². The fourth-order valence-electron chi connectivity index (χ4n) is 4.29. The Morgan fingerprint density at radius 1 is 1.03 bits per heavy atom. The van der Waals surface area contributed by atoms with Gasteiger partial charge in [-0.25, -0.2) is 5.01 Å². The van der Waals surface area contributed by atoms with Gasteiger partial charge in [-0.15, -0.1) is 0 Å². The van der Waals surface area contributed by atoms with E-state index in [1.54, 1.807) is 12.1 Å². The number of benzene rings is 2. The van der Waals surface area contributed by atoms with E-state index in [4.69, 9.17) is 4.74 Å². The smallest absolute Gasteiger partial charge is 0.256 e. The highest BCUT2D eigenvalue weighted by molar-refractivity contribution is 6.02. The standard InChI is InChI=1S/C24H29N3O2/c1-29-21-13-11-20(12-14-21)23-10-6-3-7-16-26(23)18-24(28)27-17-15-22(25-27)19-8-4-2-5-9-19/h2,4-5,8-9,11-14,23H,3,6-7,10,15-18H2,1H3/t23-/m0/s1. The Morgan fingerprint density at radius 2 is 1.83 bits per heavy atom. The minimum Gasteiger partial charge on any atom is -0.497 e. The second-order valence-corrected chi connectivity index (χ2v) is 7.79. The summed E-state index contributed by atoms with van der Waals surface area (Å²) in [4.78, 5) is 15.4. The van der Waals surface area contributed by atoms with Gasteiger partial charge in [0, 0.05) is 12.5 Å². The van der Waals surface area contributed by atoms with Crippen molar-refractivity contribution < 1.29 is 9.53 Å². The van der Waals surface area contributed by atoms with Crippen molar-refractivity contribution in [3.05, 3.63) is 65.7 Å². The van der Waals surface area contributed by atoms with Crippen molar-refractivity contribution in [1.82, 2.24) is 9.91 Å². The largest absolute Gasteiger partial charge is 0.497 e. The summed E-state index contributed by atoms with van der Waals surface area (Å²) in [6, 6.07) is 18.7. The Morgan fingerprint density at radius 3 is 2.59 bits per heavy atom. The van der Waals surface area contributed by atoms with Crippen LogP contribution in [0.15, 0.2) is 59.7 Å². The molecule has 0 saturated carbocycles. The summed E-state index contributed by atoms with van der Waals surface area (Å²) in [5.41, 5.74) is 3.37. The molecule has 5 nitrogen and oxygen atoms in total. The van der Waals surface area contributed by atoms with Crippen LogP contribution in [0.25, 0.3) is 0 Å². The number of nitrogens with zero attached hydrogens (tertiary/aromatic N) is 3. The lowest BCUT2D eigenvalue weighted by molar-refractivity contribution is -0.132. The molecule has 2 aromatic rings. The molecule has 0 aromatic heterocycles. The summed E-state index contributed by atoms with van der Waals surface area (Å²) in [7, 11) is 1.69. The van der Waals surface area contributed by atoms with Crippen molar-refractivity contribution in [2.24, 2.45) is 5.10 Å². The summed E-state index contributed by atoms with van der Waals surface area (Å²) in [6.07, 6.45) is 5.45. The SMILES string of the molecule is COc1ccc([C@@H]2CCCCCN2CC(=O)N2CCC(c3ccccc3)=N2)cc1. The van der Waals surface area contributed by atoms with Gasteiger partial charge in [-0.3, -0.25) is 9.69 Å². The molecule has 0 N–H and O–H groups in total. The van der Waals surface area contributed by atoms with Gasteiger partial charge in [0.05, 0.1) is 25.9 Å². The van der Waals surface area contributed by atoms with Crippen LogP contribution in [0.5, 0.6) is 5.75 Å². The first-order valence-corrected chi connectivity index (χ1v) is 10.6. The van der Waals surface area contributed by atoms with Crippen LogP contribution in [-0.4, -0.2) is 48.3 Å². The van der Waals surface area contributed by atoms with Crippen LogP contribution in [0.4, 0.5) is 0 Å². The van der Waals surface area contributed by atoms with E-state index in [2.05, 4.69) is 34.3 Å². The van der Waals surface area contributed by atoms with Gasteiger partial charge in [0.2, 0.25) is 0 Å². The molecule has 0 aliphatic carbocycles. The Hall–Kier alpha value is -2.66. The molecule has 4 rings (SSSR count). The van der Waals surface area contributed by atoms with Crippen molar-refractivity contribution in [1.29, 1.82) is 0 Å². The molecular weight excluding hydrogens is 362 g/mol. The van der Waals surface area contributed by atoms with Gasteiger partial charge in [0.25, 0.3) is 5.91 Å². The van der Waals surface area contributed by atoms with Gasteiger partial charge in [0.15, 0.2) is 0 Å². The van der Waals surface area contributed by atoms with E-state index in [0.717, 1.165) is 42.8 Å². The number of methoxy groups -OCH3 is 1. The molecule has 0 unspecified atom stereocenters. The fraction of sp³-hybridized carbons (Fsp3) is 0.417. The van der Waals surface area contributed by atoms with E-state index < -0.39 is 0 Å². The molecule has 1 saturated heterocycles. The first-order chi connectivity index (χ1) is 14.2. The number of likely N-dealkylation sites (tertiary alicyclic amines) is 1. The monoisotopic (exact) mass is 391 g/mol. The molecule has 2 heterocycles. The van der Waals surface area contributed by atoms with Crippen LogP contribution in [0.2, 0.25) is 0 Å². The van der Waals surface area contributed by atoms with Gasteiger partial charge < -0.3 is 4.74 Å². The zero-order chi connectivity index (χ0) is 20.1. The summed E-state index contributed by atoms with van der Waals surface area (Å²) >= 11 is 0. The van der Waals surface area contributed by atoms with Crippen molar-refractivity contribution in [2.45, 2.75) is 38.1 Å². The summed E-state index contributed by atoms with van der Waals surface area (Å²) < 4.78 is 5.30. The maximum absolute atomic E-state index is 13.0. The second kappa shape index (κ2) is 9.23. The van der Waals surface area contributed by atoms with E-state index in [-0.39, 0.29) is 11.9 Å². The Kier molecular flexibility index (Phi) is 6.25.